The molecule has 0 radical (unpaired) electrons. The average Bonchev–Trinajstić information content (AvgIpc) is 2.47. The molecule has 0 aliphatic carbocycles. The molecule has 128 valence electrons. The van der Waals surface area contributed by atoms with E-state index in [9.17, 15) is 35.4 Å². The van der Waals surface area contributed by atoms with Gasteiger partial charge in [0.15, 0.2) is 18.7 Å². The zero-order valence-electron chi connectivity index (χ0n) is 11.2. The molecule has 2 rings (SSSR count). The van der Waals surface area contributed by atoms with Crippen LogP contribution in [0.1, 0.15) is 0 Å². The first-order valence-electron chi connectivity index (χ1n) is 6.47. The number of hydrogen-bond acceptors (Lipinski definition) is 10. The van der Waals surface area contributed by atoms with Crippen molar-refractivity contribution in [3.63, 3.8) is 0 Å². The second-order valence-electron chi connectivity index (χ2n) is 5.12. The molecule has 22 heavy (non-hydrogen) atoms. The van der Waals surface area contributed by atoms with Gasteiger partial charge in [-0.25, -0.2) is 4.79 Å². The molecule has 0 spiro atoms. The summed E-state index contributed by atoms with van der Waals surface area (Å²) in [5, 5.41) is 66.2. The maximum Gasteiger partial charge on any atom is 0.335 e. The Morgan fingerprint density at radius 3 is 2.18 bits per heavy atom. The lowest BCUT2D eigenvalue weighted by molar-refractivity contribution is -0.337. The lowest BCUT2D eigenvalue weighted by Crippen LogP contribution is -2.63. The highest BCUT2D eigenvalue weighted by atomic mass is 16.7. The minimum Gasteiger partial charge on any atom is -0.479 e. The number of aliphatic carboxylic acids is 1. The molecule has 0 saturated carbocycles. The maximum absolute atomic E-state index is 11.1. The van der Waals surface area contributed by atoms with Crippen LogP contribution in [0, 0.1) is 0 Å². The van der Waals surface area contributed by atoms with E-state index in [-0.39, 0.29) is 0 Å². The fraction of sp³-hybridized carbons (Fsp3) is 0.909. The third kappa shape index (κ3) is 3.22. The van der Waals surface area contributed by atoms with Gasteiger partial charge >= 0.3 is 5.97 Å². The zero-order valence-corrected chi connectivity index (χ0v) is 11.2. The first-order valence-corrected chi connectivity index (χ1v) is 6.47. The Morgan fingerprint density at radius 2 is 1.59 bits per heavy atom. The predicted octanol–water partition coefficient (Wildman–Crippen LogP) is -4.67. The summed E-state index contributed by atoms with van der Waals surface area (Å²) >= 11 is 0. The number of aliphatic hydroxyl groups is 6. The van der Waals surface area contributed by atoms with Crippen LogP contribution in [0.15, 0.2) is 0 Å². The predicted molar refractivity (Wildman–Crippen MR) is 63.2 cm³/mol. The molecule has 2 aliphatic rings. The molecule has 0 amide bonds. The van der Waals surface area contributed by atoms with Gasteiger partial charge in [0.05, 0.1) is 6.61 Å². The van der Waals surface area contributed by atoms with E-state index in [1.54, 1.807) is 0 Å². The molecule has 9 atom stereocenters. The summed E-state index contributed by atoms with van der Waals surface area (Å²) in [5.41, 5.74) is 0. The molecule has 7 N–H and O–H groups in total. The van der Waals surface area contributed by atoms with Crippen molar-refractivity contribution < 1.29 is 54.8 Å². The second kappa shape index (κ2) is 6.70. The number of carbonyl (C=O) groups is 1. The number of carboxylic acids is 1. The summed E-state index contributed by atoms with van der Waals surface area (Å²) in [6.45, 7) is -0.393. The van der Waals surface area contributed by atoms with Gasteiger partial charge in [-0.1, -0.05) is 0 Å². The van der Waals surface area contributed by atoms with Gasteiger partial charge in [0.2, 0.25) is 0 Å². The van der Waals surface area contributed by atoms with E-state index in [2.05, 4.69) is 4.74 Å². The topological polar surface area (TPSA) is 186 Å². The van der Waals surface area contributed by atoms with Gasteiger partial charge in [0, 0.05) is 0 Å². The monoisotopic (exact) mass is 326 g/mol. The maximum atomic E-state index is 11.1. The smallest absolute Gasteiger partial charge is 0.335 e. The van der Waals surface area contributed by atoms with Crippen molar-refractivity contribution in [2.45, 2.75) is 55.3 Å². The first kappa shape index (κ1) is 17.5. The molecular formula is C11H18O11. The van der Waals surface area contributed by atoms with Crippen molar-refractivity contribution in [3.8, 4) is 0 Å². The molecule has 2 aliphatic heterocycles. The van der Waals surface area contributed by atoms with E-state index in [1.807, 2.05) is 0 Å². The van der Waals surface area contributed by atoms with Crippen molar-refractivity contribution >= 4 is 5.97 Å². The molecule has 2 heterocycles. The van der Waals surface area contributed by atoms with Gasteiger partial charge in [0.25, 0.3) is 0 Å². The highest BCUT2D eigenvalue weighted by Gasteiger charge is 2.50. The Balaban J connectivity index is 2.12. The molecule has 0 aromatic rings. The first-order chi connectivity index (χ1) is 10.2. The van der Waals surface area contributed by atoms with Crippen LogP contribution in [0.2, 0.25) is 0 Å². The average molecular weight is 326 g/mol. The highest BCUT2D eigenvalue weighted by Crippen LogP contribution is 2.26. The fourth-order valence-corrected chi connectivity index (χ4v) is 2.25. The van der Waals surface area contributed by atoms with E-state index in [4.69, 9.17) is 14.6 Å². The summed E-state index contributed by atoms with van der Waals surface area (Å²) in [4.78, 5) is 11.1. The molecule has 2 saturated heterocycles. The van der Waals surface area contributed by atoms with Crippen molar-refractivity contribution in [2.75, 3.05) is 6.61 Å². The Kier molecular flexibility index (Phi) is 5.32. The summed E-state index contributed by atoms with van der Waals surface area (Å²) in [6.07, 6.45) is -15.4. The zero-order chi connectivity index (χ0) is 16.6. The molecule has 11 heteroatoms. The third-order valence-corrected chi connectivity index (χ3v) is 3.55. The van der Waals surface area contributed by atoms with Gasteiger partial charge in [-0.15, -0.1) is 0 Å². The van der Waals surface area contributed by atoms with Gasteiger partial charge in [-0.05, 0) is 0 Å². The standard InChI is InChI=1S/C11H18O11/c12-2-1-20-11(6(16)3(2)13)22-7-4(14)5(15)10(19)21-8(7)9(17)18/h2-8,10-16,19H,1H2,(H,17,18)/t2-,3+,4-,5-,6-,7+,8+,10-,11+/m1/s1. The molecule has 0 bridgehead atoms. The molecule has 0 unspecified atom stereocenters. The normalized spacial score (nSPS) is 49.8. The van der Waals surface area contributed by atoms with Crippen LogP contribution in [0.5, 0.6) is 0 Å². The summed E-state index contributed by atoms with van der Waals surface area (Å²) in [7, 11) is 0. The third-order valence-electron chi connectivity index (χ3n) is 3.55. The summed E-state index contributed by atoms with van der Waals surface area (Å²) in [6, 6.07) is 0. The van der Waals surface area contributed by atoms with Crippen LogP contribution in [-0.4, -0.2) is 104 Å². The molecule has 11 nitrogen and oxygen atoms in total. The Hall–Kier alpha value is -0.890. The molecule has 2 fully saturated rings. The lowest BCUT2D eigenvalue weighted by atomic mass is 9.98. The van der Waals surface area contributed by atoms with Crippen LogP contribution in [-0.2, 0) is 19.0 Å². The number of hydrogen-bond donors (Lipinski definition) is 7. The quantitative estimate of drug-likeness (QED) is 0.264. The van der Waals surface area contributed by atoms with E-state index in [1.165, 1.54) is 0 Å². The minimum atomic E-state index is -1.93. The van der Waals surface area contributed by atoms with Gasteiger partial charge in [-0.3, -0.25) is 0 Å². The summed E-state index contributed by atoms with van der Waals surface area (Å²) in [5.74, 6) is -1.58. The van der Waals surface area contributed by atoms with Crippen molar-refractivity contribution in [3.05, 3.63) is 0 Å². The second-order valence-corrected chi connectivity index (χ2v) is 5.12. The van der Waals surface area contributed by atoms with Gasteiger partial charge < -0.3 is 50.0 Å². The Labute approximate surface area is 123 Å². The van der Waals surface area contributed by atoms with E-state index < -0.39 is 67.9 Å². The molecular weight excluding hydrogens is 308 g/mol. The number of aliphatic hydroxyl groups excluding tert-OH is 6. The number of rotatable bonds is 3. The van der Waals surface area contributed by atoms with Crippen molar-refractivity contribution in [1.82, 2.24) is 0 Å². The van der Waals surface area contributed by atoms with Crippen LogP contribution in [0.4, 0.5) is 0 Å². The minimum absolute atomic E-state index is 0.393. The highest BCUT2D eigenvalue weighted by molar-refractivity contribution is 5.73. The van der Waals surface area contributed by atoms with E-state index in [0.29, 0.717) is 0 Å². The van der Waals surface area contributed by atoms with Crippen LogP contribution < -0.4 is 0 Å². The van der Waals surface area contributed by atoms with Crippen molar-refractivity contribution in [2.24, 2.45) is 0 Å². The molecule has 0 aromatic heterocycles. The van der Waals surface area contributed by atoms with E-state index >= 15 is 0 Å². The summed E-state index contributed by atoms with van der Waals surface area (Å²) < 4.78 is 14.7. The van der Waals surface area contributed by atoms with Crippen LogP contribution in [0.3, 0.4) is 0 Å². The van der Waals surface area contributed by atoms with Gasteiger partial charge in [0.1, 0.15) is 36.6 Å². The van der Waals surface area contributed by atoms with Gasteiger partial charge in [-0.2, -0.15) is 0 Å². The molecule has 0 aromatic carbocycles. The van der Waals surface area contributed by atoms with Crippen molar-refractivity contribution in [1.29, 1.82) is 0 Å². The van der Waals surface area contributed by atoms with Crippen LogP contribution in [0.25, 0.3) is 0 Å². The van der Waals surface area contributed by atoms with E-state index in [0.717, 1.165) is 0 Å². The van der Waals surface area contributed by atoms with Crippen LogP contribution >= 0.6 is 0 Å². The number of ether oxygens (including phenoxy) is 3. The lowest BCUT2D eigenvalue weighted by Gasteiger charge is -2.42. The largest absolute Gasteiger partial charge is 0.479 e. The fourth-order valence-electron chi connectivity index (χ4n) is 2.25. The Morgan fingerprint density at radius 1 is 0.955 bits per heavy atom. The number of carboxylic acid groups (broad SMARTS) is 1. The Bertz CT molecular complexity index is 403. The SMILES string of the molecule is O=C(O)[C@H]1O[C@@H](O)[C@H](O)[C@@H](O)[C@@H]1O[C@@H]1OC[C@@H](O)[C@H](O)[C@H]1O.